The summed E-state index contributed by atoms with van der Waals surface area (Å²) in [6, 6.07) is 0.202. The monoisotopic (exact) mass is 270 g/mol. The molecular formula is C14H26N2O3. The molecule has 0 aliphatic carbocycles. The average Bonchev–Trinajstić information content (AvgIpc) is 2.92. The summed E-state index contributed by atoms with van der Waals surface area (Å²) in [6.45, 7) is 9.78. The lowest BCUT2D eigenvalue weighted by Gasteiger charge is -2.40. The van der Waals surface area contributed by atoms with Crippen LogP contribution in [0.3, 0.4) is 0 Å². The molecule has 2 heterocycles. The summed E-state index contributed by atoms with van der Waals surface area (Å²) in [5, 5.41) is 3.10. The molecule has 2 fully saturated rings. The van der Waals surface area contributed by atoms with Crippen LogP contribution in [-0.2, 0) is 9.47 Å². The third-order valence-corrected chi connectivity index (χ3v) is 4.40. The number of urea groups is 1. The normalized spacial score (nSPS) is 33.2. The second kappa shape index (κ2) is 6.09. The molecule has 5 heteroatoms. The van der Waals surface area contributed by atoms with Gasteiger partial charge in [0.2, 0.25) is 0 Å². The predicted octanol–water partition coefficient (Wildman–Crippen LogP) is 1.62. The second-order valence-corrected chi connectivity index (χ2v) is 5.94. The van der Waals surface area contributed by atoms with Gasteiger partial charge in [0.05, 0.1) is 25.4 Å². The van der Waals surface area contributed by atoms with Crippen molar-refractivity contribution in [3.8, 4) is 0 Å². The van der Waals surface area contributed by atoms with Crippen LogP contribution in [0.5, 0.6) is 0 Å². The van der Waals surface area contributed by atoms with E-state index in [1.807, 2.05) is 4.90 Å². The van der Waals surface area contributed by atoms with Crippen molar-refractivity contribution < 1.29 is 14.3 Å². The number of hydrogen-bond acceptors (Lipinski definition) is 3. The lowest BCUT2D eigenvalue weighted by Crippen LogP contribution is -2.56. The minimum Gasteiger partial charge on any atom is -0.381 e. The van der Waals surface area contributed by atoms with E-state index in [0.717, 1.165) is 26.1 Å². The van der Waals surface area contributed by atoms with Gasteiger partial charge >= 0.3 is 6.03 Å². The van der Waals surface area contributed by atoms with Gasteiger partial charge in [-0.15, -0.1) is 0 Å². The third-order valence-electron chi connectivity index (χ3n) is 4.40. The summed E-state index contributed by atoms with van der Waals surface area (Å²) in [6.07, 6.45) is 1.96. The molecule has 0 aromatic heterocycles. The van der Waals surface area contributed by atoms with Gasteiger partial charge in [-0.05, 0) is 26.7 Å². The van der Waals surface area contributed by atoms with E-state index in [0.29, 0.717) is 25.6 Å². The molecule has 2 rings (SSSR count). The maximum atomic E-state index is 12.3. The first-order valence-corrected chi connectivity index (χ1v) is 7.31. The van der Waals surface area contributed by atoms with E-state index in [4.69, 9.17) is 9.47 Å². The van der Waals surface area contributed by atoms with Crippen LogP contribution in [0, 0.1) is 5.92 Å². The Morgan fingerprint density at radius 3 is 2.95 bits per heavy atom. The van der Waals surface area contributed by atoms with E-state index in [1.165, 1.54) is 0 Å². The predicted molar refractivity (Wildman–Crippen MR) is 73.1 cm³/mol. The van der Waals surface area contributed by atoms with E-state index < -0.39 is 0 Å². The van der Waals surface area contributed by atoms with Gasteiger partial charge in [-0.3, -0.25) is 0 Å². The number of amides is 2. The summed E-state index contributed by atoms with van der Waals surface area (Å²) in [5.41, 5.74) is -0.199. The number of carbonyl (C=O) groups is 1. The molecule has 1 N–H and O–H groups in total. The van der Waals surface area contributed by atoms with Gasteiger partial charge in [-0.1, -0.05) is 6.92 Å². The van der Waals surface area contributed by atoms with Crippen LogP contribution in [0.25, 0.3) is 0 Å². The minimum absolute atomic E-state index is 0.0300. The molecule has 0 spiro atoms. The van der Waals surface area contributed by atoms with E-state index in [1.54, 1.807) is 0 Å². The molecule has 2 amide bonds. The summed E-state index contributed by atoms with van der Waals surface area (Å²) in [4.78, 5) is 14.2. The van der Waals surface area contributed by atoms with Crippen LogP contribution in [0.1, 0.15) is 33.6 Å². The van der Waals surface area contributed by atoms with Crippen LogP contribution >= 0.6 is 0 Å². The van der Waals surface area contributed by atoms with Gasteiger partial charge in [-0.25, -0.2) is 4.79 Å². The molecule has 0 bridgehead atoms. The maximum Gasteiger partial charge on any atom is 0.317 e. The standard InChI is InChI=1S/C14H26N2O3/c1-4-14(3)10-16(6-8-19-14)13(17)15-11(2)12-5-7-18-9-12/h11-12H,4-10H2,1-3H3,(H,15,17)/t11-,12+,14-/m0/s1. The highest BCUT2D eigenvalue weighted by atomic mass is 16.5. The first kappa shape index (κ1) is 14.6. The Kier molecular flexibility index (Phi) is 4.68. The Morgan fingerprint density at radius 2 is 2.32 bits per heavy atom. The fourth-order valence-electron chi connectivity index (χ4n) is 2.67. The van der Waals surface area contributed by atoms with Crippen LogP contribution in [0.4, 0.5) is 4.79 Å². The zero-order chi connectivity index (χ0) is 13.9. The summed E-state index contributed by atoms with van der Waals surface area (Å²) >= 11 is 0. The van der Waals surface area contributed by atoms with Gasteiger partial charge in [-0.2, -0.15) is 0 Å². The molecule has 110 valence electrons. The number of rotatable bonds is 3. The second-order valence-electron chi connectivity index (χ2n) is 5.94. The van der Waals surface area contributed by atoms with E-state index in [9.17, 15) is 4.79 Å². The van der Waals surface area contributed by atoms with Crippen molar-refractivity contribution in [2.24, 2.45) is 5.92 Å². The van der Waals surface area contributed by atoms with Gasteiger partial charge in [0.25, 0.3) is 0 Å². The van der Waals surface area contributed by atoms with Crippen molar-refractivity contribution in [2.45, 2.75) is 45.3 Å². The van der Waals surface area contributed by atoms with Crippen molar-refractivity contribution in [3.05, 3.63) is 0 Å². The first-order chi connectivity index (χ1) is 9.04. The SMILES string of the molecule is CC[C@@]1(C)CN(C(=O)N[C@@H](C)[C@@H]2CCOC2)CCO1. The molecule has 5 nitrogen and oxygen atoms in total. The van der Waals surface area contributed by atoms with Gasteiger partial charge in [0.1, 0.15) is 0 Å². The molecule has 2 aliphatic heterocycles. The molecule has 0 radical (unpaired) electrons. The molecule has 2 aliphatic rings. The largest absolute Gasteiger partial charge is 0.381 e. The quantitative estimate of drug-likeness (QED) is 0.848. The number of morpholine rings is 1. The molecule has 2 saturated heterocycles. The molecule has 0 aromatic carbocycles. The van der Waals surface area contributed by atoms with Gasteiger partial charge in [0, 0.05) is 25.1 Å². The summed E-state index contributed by atoms with van der Waals surface area (Å²) in [5.74, 6) is 0.447. The molecule has 19 heavy (non-hydrogen) atoms. The van der Waals surface area contributed by atoms with Crippen LogP contribution in [0.15, 0.2) is 0 Å². The van der Waals surface area contributed by atoms with Crippen molar-refractivity contribution in [2.75, 3.05) is 32.9 Å². The van der Waals surface area contributed by atoms with E-state index in [-0.39, 0.29) is 17.7 Å². The van der Waals surface area contributed by atoms with Crippen LogP contribution in [-0.4, -0.2) is 55.5 Å². The molecule has 0 aromatic rings. The van der Waals surface area contributed by atoms with Gasteiger partial charge in [0.15, 0.2) is 0 Å². The smallest absolute Gasteiger partial charge is 0.317 e. The molecule has 3 atom stereocenters. The Hall–Kier alpha value is -0.810. The zero-order valence-electron chi connectivity index (χ0n) is 12.3. The maximum absolute atomic E-state index is 12.3. The highest BCUT2D eigenvalue weighted by Crippen LogP contribution is 2.21. The minimum atomic E-state index is -0.199. The summed E-state index contributed by atoms with van der Waals surface area (Å²) < 4.78 is 11.1. The molecule has 0 unspecified atom stereocenters. The fraction of sp³-hybridized carbons (Fsp3) is 0.929. The fourth-order valence-corrected chi connectivity index (χ4v) is 2.67. The molecule has 0 saturated carbocycles. The number of hydrogen-bond donors (Lipinski definition) is 1. The van der Waals surface area contributed by atoms with E-state index >= 15 is 0 Å². The van der Waals surface area contributed by atoms with Crippen molar-refractivity contribution in [1.82, 2.24) is 10.2 Å². The Balaban J connectivity index is 1.85. The first-order valence-electron chi connectivity index (χ1n) is 7.31. The van der Waals surface area contributed by atoms with Crippen LogP contribution < -0.4 is 5.32 Å². The number of nitrogens with zero attached hydrogens (tertiary/aromatic N) is 1. The Labute approximate surface area is 115 Å². The molecular weight excluding hydrogens is 244 g/mol. The van der Waals surface area contributed by atoms with E-state index in [2.05, 4.69) is 26.1 Å². The van der Waals surface area contributed by atoms with Crippen LogP contribution in [0.2, 0.25) is 0 Å². The zero-order valence-corrected chi connectivity index (χ0v) is 12.3. The lowest BCUT2D eigenvalue weighted by atomic mass is 10.00. The van der Waals surface area contributed by atoms with Crippen molar-refractivity contribution >= 4 is 6.03 Å². The average molecular weight is 270 g/mol. The highest BCUT2D eigenvalue weighted by molar-refractivity contribution is 5.74. The highest BCUT2D eigenvalue weighted by Gasteiger charge is 2.33. The van der Waals surface area contributed by atoms with Crippen molar-refractivity contribution in [1.29, 1.82) is 0 Å². The van der Waals surface area contributed by atoms with Crippen molar-refractivity contribution in [3.63, 3.8) is 0 Å². The van der Waals surface area contributed by atoms with Gasteiger partial charge < -0.3 is 19.7 Å². The number of ether oxygens (including phenoxy) is 2. The third kappa shape index (κ3) is 3.60. The number of carbonyl (C=O) groups excluding carboxylic acids is 1. The Morgan fingerprint density at radius 1 is 1.53 bits per heavy atom. The number of nitrogens with one attached hydrogen (secondary N) is 1. The lowest BCUT2D eigenvalue weighted by molar-refractivity contribution is -0.0875. The Bertz CT molecular complexity index is 318. The summed E-state index contributed by atoms with van der Waals surface area (Å²) in [7, 11) is 0. The topological polar surface area (TPSA) is 50.8 Å².